The van der Waals surface area contributed by atoms with Gasteiger partial charge in [0.05, 0.1) is 5.02 Å². The number of hydrogen-bond acceptors (Lipinski definition) is 1. The van der Waals surface area contributed by atoms with Gasteiger partial charge < -0.3 is 4.98 Å². The van der Waals surface area contributed by atoms with E-state index in [0.717, 1.165) is 55.0 Å². The van der Waals surface area contributed by atoms with Crippen molar-refractivity contribution in [1.82, 2.24) is 4.98 Å². The monoisotopic (exact) mass is 508 g/mol. The quantitative estimate of drug-likeness (QED) is 0.208. The van der Waals surface area contributed by atoms with Gasteiger partial charge >= 0.3 is 0 Å². The summed E-state index contributed by atoms with van der Waals surface area (Å²) in [4.78, 5) is 7.73. The Bertz CT molecular complexity index is 1190. The van der Waals surface area contributed by atoms with Crippen LogP contribution in [0.4, 0.5) is 4.39 Å². The Kier molecular flexibility index (Phi) is 12.2. The van der Waals surface area contributed by atoms with E-state index in [1.807, 2.05) is 12.3 Å². The number of aromatic amines is 1. The summed E-state index contributed by atoms with van der Waals surface area (Å²) in [5.41, 5.74) is 8.10. The first-order valence-electron chi connectivity index (χ1n) is 13.1. The van der Waals surface area contributed by atoms with E-state index in [2.05, 4.69) is 82.4 Å². The fraction of sp³-hybridized carbons (Fsp3) is 0.406. The molecule has 0 radical (unpaired) electrons. The third kappa shape index (κ3) is 8.48. The molecule has 0 aliphatic heterocycles. The van der Waals surface area contributed by atoms with Gasteiger partial charge in [-0.1, -0.05) is 94.1 Å². The molecule has 0 saturated heterocycles. The van der Waals surface area contributed by atoms with E-state index in [0.29, 0.717) is 0 Å². The van der Waals surface area contributed by atoms with E-state index in [9.17, 15) is 4.39 Å². The van der Waals surface area contributed by atoms with Crippen molar-refractivity contribution >= 4 is 28.2 Å². The zero-order valence-corrected chi connectivity index (χ0v) is 23.6. The topological polar surface area (TPSA) is 28.1 Å². The van der Waals surface area contributed by atoms with Gasteiger partial charge in [0.25, 0.3) is 0 Å². The average Bonchev–Trinajstić information content (AvgIpc) is 3.20. The lowest BCUT2D eigenvalue weighted by atomic mass is 9.92. The molecule has 1 unspecified atom stereocenters. The second-order valence-corrected chi connectivity index (χ2v) is 9.91. The van der Waals surface area contributed by atoms with Crippen LogP contribution in [-0.2, 0) is 6.42 Å². The molecule has 3 aromatic rings. The van der Waals surface area contributed by atoms with Gasteiger partial charge in [-0.2, -0.15) is 0 Å². The Balaban J connectivity index is 0.000000324. The number of aliphatic imine (C=N–C) groups is 1. The van der Waals surface area contributed by atoms with Crippen molar-refractivity contribution in [3.8, 4) is 0 Å². The van der Waals surface area contributed by atoms with Gasteiger partial charge in [0.2, 0.25) is 0 Å². The molecule has 36 heavy (non-hydrogen) atoms. The zero-order chi connectivity index (χ0) is 26.7. The van der Waals surface area contributed by atoms with Crippen molar-refractivity contribution in [2.24, 2.45) is 4.99 Å². The molecular formula is C32H42ClFN2. The third-order valence-corrected chi connectivity index (χ3v) is 6.73. The van der Waals surface area contributed by atoms with Crippen LogP contribution < -0.4 is 0 Å². The lowest BCUT2D eigenvalue weighted by Crippen LogP contribution is -2.01. The molecule has 194 valence electrons. The molecule has 0 bridgehead atoms. The predicted octanol–water partition coefficient (Wildman–Crippen LogP) is 10.5. The van der Waals surface area contributed by atoms with Crippen molar-refractivity contribution in [3.05, 3.63) is 94.1 Å². The summed E-state index contributed by atoms with van der Waals surface area (Å²) in [5.74, 6) is -0.145. The molecule has 3 rings (SSSR count). The highest BCUT2D eigenvalue weighted by Crippen LogP contribution is 2.35. The number of aryl methyl sites for hydroxylation is 2. The zero-order valence-electron chi connectivity index (χ0n) is 22.8. The number of halogens is 2. The summed E-state index contributed by atoms with van der Waals surface area (Å²) < 4.78 is 13.9. The van der Waals surface area contributed by atoms with Crippen molar-refractivity contribution < 1.29 is 4.39 Å². The SMILES string of the molecule is C=C(/C=C\N=C(C)CCC)CC.CCCCc1c(C(C)c2ccc(C)cc2)[nH]c2cc(F)c(Cl)cc12. The van der Waals surface area contributed by atoms with Gasteiger partial charge in [0.15, 0.2) is 0 Å². The van der Waals surface area contributed by atoms with Crippen LogP contribution in [0.3, 0.4) is 0 Å². The maximum atomic E-state index is 13.9. The number of hydrogen-bond donors (Lipinski definition) is 1. The Morgan fingerprint density at radius 3 is 2.44 bits per heavy atom. The molecule has 0 aliphatic carbocycles. The summed E-state index contributed by atoms with van der Waals surface area (Å²) in [6, 6.07) is 11.9. The van der Waals surface area contributed by atoms with E-state index in [1.54, 1.807) is 6.07 Å². The summed E-state index contributed by atoms with van der Waals surface area (Å²) in [6.45, 7) is 16.6. The van der Waals surface area contributed by atoms with Crippen molar-refractivity contribution in [3.63, 3.8) is 0 Å². The van der Waals surface area contributed by atoms with E-state index in [4.69, 9.17) is 11.6 Å². The van der Waals surface area contributed by atoms with Gasteiger partial charge in [-0.25, -0.2) is 4.39 Å². The third-order valence-electron chi connectivity index (χ3n) is 6.44. The minimum absolute atomic E-state index is 0.189. The molecule has 0 spiro atoms. The first kappa shape index (κ1) is 29.6. The van der Waals surface area contributed by atoms with Gasteiger partial charge in [-0.05, 0) is 68.9 Å². The molecule has 2 nitrogen and oxygen atoms in total. The van der Waals surface area contributed by atoms with Crippen LogP contribution in [0.2, 0.25) is 5.02 Å². The number of rotatable bonds is 10. The van der Waals surface area contributed by atoms with Crippen molar-refractivity contribution in [1.29, 1.82) is 0 Å². The van der Waals surface area contributed by atoms with Crippen LogP contribution in [0.25, 0.3) is 10.9 Å². The summed E-state index contributed by atoms with van der Waals surface area (Å²) in [7, 11) is 0. The Morgan fingerprint density at radius 2 is 1.83 bits per heavy atom. The highest BCUT2D eigenvalue weighted by molar-refractivity contribution is 6.31. The number of H-pyrrole nitrogens is 1. The first-order chi connectivity index (χ1) is 17.2. The number of unbranched alkanes of at least 4 members (excludes halogenated alkanes) is 1. The molecule has 4 heteroatoms. The van der Waals surface area contributed by atoms with Crippen LogP contribution in [0.5, 0.6) is 0 Å². The summed E-state index contributed by atoms with van der Waals surface area (Å²) in [5, 5.41) is 1.23. The Morgan fingerprint density at radius 1 is 1.14 bits per heavy atom. The van der Waals surface area contributed by atoms with E-state index < -0.39 is 0 Å². The molecule has 0 saturated carbocycles. The molecule has 1 aromatic heterocycles. The number of aromatic nitrogens is 1. The molecule has 0 aliphatic rings. The fourth-order valence-corrected chi connectivity index (χ4v) is 4.26. The van der Waals surface area contributed by atoms with E-state index >= 15 is 0 Å². The number of fused-ring (bicyclic) bond motifs is 1. The van der Waals surface area contributed by atoms with Crippen molar-refractivity contribution in [2.75, 3.05) is 0 Å². The molecule has 0 fully saturated rings. The number of benzene rings is 2. The van der Waals surface area contributed by atoms with Gasteiger partial charge in [-0.3, -0.25) is 4.99 Å². The molecule has 1 N–H and O–H groups in total. The normalized spacial score (nSPS) is 12.6. The standard InChI is InChI=1S/C21H23ClFN.C11H19N/c1-4-5-6-16-17-11-18(22)19(23)12-20(17)24-21(16)14(3)15-9-7-13(2)8-10-15;1-5-7-11(4)12-9-8-10(3)6-2/h7-12,14,24H,4-6H2,1-3H3;8-9H,3,5-7H2,1-2,4H3/b;9-8-,12-11?. The summed E-state index contributed by atoms with van der Waals surface area (Å²) >= 11 is 6.03. The van der Waals surface area contributed by atoms with Crippen LogP contribution in [0.15, 0.2) is 65.8 Å². The first-order valence-corrected chi connectivity index (χ1v) is 13.5. The second kappa shape index (κ2) is 14.8. The maximum Gasteiger partial charge on any atom is 0.143 e. The smallest absolute Gasteiger partial charge is 0.143 e. The van der Waals surface area contributed by atoms with Crippen LogP contribution in [-0.4, -0.2) is 10.7 Å². The van der Waals surface area contributed by atoms with E-state index in [1.165, 1.54) is 34.2 Å². The Labute approximate surface area is 222 Å². The molecular weight excluding hydrogens is 467 g/mol. The summed E-state index contributed by atoms with van der Waals surface area (Å²) in [6.07, 6.45) is 10.3. The fourth-order valence-electron chi connectivity index (χ4n) is 4.09. The largest absolute Gasteiger partial charge is 0.358 e. The molecule has 1 atom stereocenters. The van der Waals surface area contributed by atoms with Crippen molar-refractivity contribution in [2.45, 2.75) is 86.0 Å². The maximum absolute atomic E-state index is 13.9. The minimum atomic E-state index is -0.373. The second-order valence-electron chi connectivity index (χ2n) is 9.51. The number of nitrogens with zero attached hydrogens (tertiary/aromatic N) is 1. The predicted molar refractivity (Wildman–Crippen MR) is 157 cm³/mol. The average molecular weight is 509 g/mol. The van der Waals surface area contributed by atoms with Crippen LogP contribution in [0.1, 0.15) is 95.0 Å². The highest BCUT2D eigenvalue weighted by atomic mass is 35.5. The van der Waals surface area contributed by atoms with Crippen LogP contribution in [0, 0.1) is 12.7 Å². The lowest BCUT2D eigenvalue weighted by Gasteiger charge is -2.14. The highest BCUT2D eigenvalue weighted by Gasteiger charge is 2.19. The molecule has 0 amide bonds. The minimum Gasteiger partial charge on any atom is -0.358 e. The van der Waals surface area contributed by atoms with E-state index in [-0.39, 0.29) is 16.8 Å². The Hall–Kier alpha value is -2.65. The lowest BCUT2D eigenvalue weighted by molar-refractivity contribution is 0.630. The van der Waals surface area contributed by atoms with Gasteiger partial charge in [0, 0.05) is 34.4 Å². The molecule has 2 aromatic carbocycles. The number of nitrogens with one attached hydrogen (secondary N) is 1. The van der Waals surface area contributed by atoms with Gasteiger partial charge in [-0.15, -0.1) is 0 Å². The number of allylic oxidation sites excluding steroid dienone is 2. The van der Waals surface area contributed by atoms with Crippen LogP contribution >= 0.6 is 11.6 Å². The molecule has 1 heterocycles. The van der Waals surface area contributed by atoms with Gasteiger partial charge in [0.1, 0.15) is 5.82 Å².